The Morgan fingerprint density at radius 2 is 0.741 bits per heavy atom. The van der Waals surface area contributed by atoms with Gasteiger partial charge in [-0.1, -0.05) is 66.8 Å². The standard InChI is InChI=1S/C20H46O3Si4/c1-15-24(11,12)21-26(17(3)4,18(5)6)23-27(19(7)8,20(9)10)22-25(13,14)16-2/h15-20H,1-2H2,3-14H3. The molecule has 0 N–H and O–H groups in total. The molecule has 0 spiro atoms. The molecular formula is C20H46O3Si4. The van der Waals surface area contributed by atoms with E-state index in [9.17, 15) is 0 Å². The number of hydrogen-bond acceptors (Lipinski definition) is 3. The van der Waals surface area contributed by atoms with Crippen LogP contribution in [0.15, 0.2) is 24.6 Å². The quantitative estimate of drug-likeness (QED) is 0.292. The molecule has 0 aromatic rings. The second-order valence-electron chi connectivity index (χ2n) is 9.98. The summed E-state index contributed by atoms with van der Waals surface area (Å²) in [6, 6.07) is 0. The Hall–Kier alpha value is 0.228. The van der Waals surface area contributed by atoms with E-state index in [2.05, 4.69) is 94.7 Å². The van der Waals surface area contributed by atoms with Crippen molar-refractivity contribution in [2.24, 2.45) is 0 Å². The predicted octanol–water partition coefficient (Wildman–Crippen LogP) is 7.42. The van der Waals surface area contributed by atoms with Gasteiger partial charge in [0.15, 0.2) is 16.6 Å². The van der Waals surface area contributed by atoms with Gasteiger partial charge in [-0.25, -0.2) is 0 Å². The van der Waals surface area contributed by atoms with Gasteiger partial charge < -0.3 is 12.3 Å². The molecule has 160 valence electrons. The molecule has 27 heavy (non-hydrogen) atoms. The molecule has 0 radical (unpaired) electrons. The molecule has 0 aromatic carbocycles. The van der Waals surface area contributed by atoms with E-state index >= 15 is 0 Å². The van der Waals surface area contributed by atoms with Crippen LogP contribution in [0.25, 0.3) is 0 Å². The third-order valence-electron chi connectivity index (χ3n) is 5.37. The monoisotopic (exact) mass is 446 g/mol. The molecular weight excluding hydrogens is 401 g/mol. The van der Waals surface area contributed by atoms with Gasteiger partial charge in [-0.05, 0) is 48.4 Å². The van der Waals surface area contributed by atoms with Crippen LogP contribution in [-0.4, -0.2) is 33.8 Å². The van der Waals surface area contributed by atoms with Gasteiger partial charge in [-0.15, -0.1) is 13.2 Å². The molecule has 0 aliphatic heterocycles. The van der Waals surface area contributed by atoms with Gasteiger partial charge in [-0.3, -0.25) is 0 Å². The maximum atomic E-state index is 7.35. The summed E-state index contributed by atoms with van der Waals surface area (Å²) in [5.74, 6) is 0. The summed E-state index contributed by atoms with van der Waals surface area (Å²) >= 11 is 0. The van der Waals surface area contributed by atoms with Crippen LogP contribution >= 0.6 is 0 Å². The molecule has 0 saturated carbocycles. The van der Waals surface area contributed by atoms with Crippen molar-refractivity contribution in [2.75, 3.05) is 0 Å². The Morgan fingerprint density at radius 3 is 0.889 bits per heavy atom. The summed E-state index contributed by atoms with van der Waals surface area (Å²) < 4.78 is 21.3. The van der Waals surface area contributed by atoms with Crippen molar-refractivity contribution in [2.45, 2.75) is 104 Å². The summed E-state index contributed by atoms with van der Waals surface area (Å²) in [7, 11) is -9.16. The topological polar surface area (TPSA) is 27.7 Å². The molecule has 3 nitrogen and oxygen atoms in total. The maximum Gasteiger partial charge on any atom is 0.324 e. The van der Waals surface area contributed by atoms with Gasteiger partial charge in [0.25, 0.3) is 0 Å². The number of rotatable bonds is 12. The zero-order chi connectivity index (χ0) is 21.8. The highest BCUT2D eigenvalue weighted by atomic mass is 28.5. The molecule has 0 saturated heterocycles. The fourth-order valence-electron chi connectivity index (χ4n) is 3.47. The van der Waals surface area contributed by atoms with Crippen molar-refractivity contribution in [1.29, 1.82) is 0 Å². The third-order valence-corrected chi connectivity index (χ3v) is 23.1. The Bertz CT molecular complexity index is 439. The highest BCUT2D eigenvalue weighted by Gasteiger charge is 2.58. The van der Waals surface area contributed by atoms with E-state index in [1.54, 1.807) is 0 Å². The summed E-state index contributed by atoms with van der Waals surface area (Å²) in [6.07, 6.45) is 0. The minimum atomic E-state index is -2.56. The second-order valence-corrected chi connectivity index (χ2v) is 27.2. The average molecular weight is 447 g/mol. The van der Waals surface area contributed by atoms with Crippen molar-refractivity contribution in [3.8, 4) is 0 Å². The first-order valence-corrected chi connectivity index (χ1v) is 20.3. The Kier molecular flexibility index (Phi) is 9.90. The zero-order valence-electron chi connectivity index (χ0n) is 20.1. The molecule has 0 aliphatic carbocycles. The van der Waals surface area contributed by atoms with Gasteiger partial charge >= 0.3 is 17.1 Å². The Balaban J connectivity index is 6.51. The van der Waals surface area contributed by atoms with Gasteiger partial charge in [-0.2, -0.15) is 0 Å². The second kappa shape index (κ2) is 9.82. The van der Waals surface area contributed by atoms with E-state index in [0.29, 0.717) is 22.2 Å². The Morgan fingerprint density at radius 1 is 0.519 bits per heavy atom. The van der Waals surface area contributed by atoms with Gasteiger partial charge in [0.05, 0.1) is 0 Å². The minimum absolute atomic E-state index is 0.339. The van der Waals surface area contributed by atoms with Crippen LogP contribution < -0.4 is 0 Å². The summed E-state index contributed by atoms with van der Waals surface area (Å²) in [5.41, 5.74) is 5.41. The fraction of sp³-hybridized carbons (Fsp3) is 0.800. The van der Waals surface area contributed by atoms with Crippen molar-refractivity contribution in [1.82, 2.24) is 0 Å². The van der Waals surface area contributed by atoms with Crippen molar-refractivity contribution in [3.63, 3.8) is 0 Å². The predicted molar refractivity (Wildman–Crippen MR) is 131 cm³/mol. The van der Waals surface area contributed by atoms with Gasteiger partial charge in [0.2, 0.25) is 0 Å². The molecule has 0 aromatic heterocycles. The molecule has 0 aliphatic rings. The third kappa shape index (κ3) is 6.62. The van der Waals surface area contributed by atoms with Crippen LogP contribution in [0.5, 0.6) is 0 Å². The van der Waals surface area contributed by atoms with Crippen LogP contribution in [0.2, 0.25) is 48.4 Å². The number of hydrogen-bond donors (Lipinski definition) is 0. The van der Waals surface area contributed by atoms with Gasteiger partial charge in [0, 0.05) is 0 Å². The maximum absolute atomic E-state index is 7.35. The molecule has 0 atom stereocenters. The fourth-order valence-corrected chi connectivity index (χ4v) is 24.0. The minimum Gasteiger partial charge on any atom is -0.433 e. The first kappa shape index (κ1) is 27.2. The van der Waals surface area contributed by atoms with E-state index in [4.69, 9.17) is 12.3 Å². The summed E-state index contributed by atoms with van der Waals surface area (Å²) in [6.45, 7) is 35.0. The largest absolute Gasteiger partial charge is 0.433 e. The molecule has 0 rings (SSSR count). The highest BCUT2D eigenvalue weighted by molar-refractivity contribution is 6.94. The SMILES string of the molecule is C=C[Si](C)(C)O[Si](O[Si](O[Si](C)(C)C=C)(C(C)C)C(C)C)(C(C)C)C(C)C. The highest BCUT2D eigenvalue weighted by Crippen LogP contribution is 2.46. The average Bonchev–Trinajstić information content (AvgIpc) is 2.52. The molecule has 0 heterocycles. The van der Waals surface area contributed by atoms with Crippen LogP contribution in [0, 0.1) is 0 Å². The van der Waals surface area contributed by atoms with Crippen molar-refractivity contribution < 1.29 is 12.3 Å². The van der Waals surface area contributed by atoms with Gasteiger partial charge in [0.1, 0.15) is 0 Å². The van der Waals surface area contributed by atoms with Crippen molar-refractivity contribution in [3.05, 3.63) is 24.6 Å². The van der Waals surface area contributed by atoms with Crippen LogP contribution in [0.4, 0.5) is 0 Å². The summed E-state index contributed by atoms with van der Waals surface area (Å²) in [4.78, 5) is 0. The molecule has 0 unspecified atom stereocenters. The summed E-state index contributed by atoms with van der Waals surface area (Å²) in [5, 5.41) is 0. The lowest BCUT2D eigenvalue weighted by molar-refractivity contribution is 0.273. The zero-order valence-corrected chi connectivity index (χ0v) is 24.1. The lowest BCUT2D eigenvalue weighted by Crippen LogP contribution is -2.65. The lowest BCUT2D eigenvalue weighted by Gasteiger charge is -2.52. The molecule has 7 heteroatoms. The molecule has 0 fully saturated rings. The molecule has 0 bridgehead atoms. The first-order chi connectivity index (χ1) is 12.0. The van der Waals surface area contributed by atoms with Crippen LogP contribution in [0.3, 0.4) is 0 Å². The van der Waals surface area contributed by atoms with Crippen LogP contribution in [0.1, 0.15) is 55.4 Å². The van der Waals surface area contributed by atoms with E-state index in [1.165, 1.54) is 0 Å². The van der Waals surface area contributed by atoms with E-state index in [1.807, 2.05) is 11.4 Å². The smallest absolute Gasteiger partial charge is 0.324 e. The van der Waals surface area contributed by atoms with Crippen molar-refractivity contribution >= 4 is 33.8 Å². The van der Waals surface area contributed by atoms with E-state index in [0.717, 1.165) is 0 Å². The molecule has 0 amide bonds. The normalized spacial score (nSPS) is 14.5. The first-order valence-electron chi connectivity index (χ1n) is 10.4. The van der Waals surface area contributed by atoms with E-state index < -0.39 is 33.8 Å². The van der Waals surface area contributed by atoms with Crippen LogP contribution in [-0.2, 0) is 12.3 Å². The van der Waals surface area contributed by atoms with E-state index in [-0.39, 0.29) is 0 Å². The lowest BCUT2D eigenvalue weighted by atomic mass is 10.5. The Labute approximate surface area is 174 Å².